The minimum atomic E-state index is -0.384. The number of carbonyl (C=O) groups excluding carboxylic acids is 2. The van der Waals surface area contributed by atoms with Crippen LogP contribution in [0, 0.1) is 19.8 Å². The maximum absolute atomic E-state index is 12.9. The molecule has 1 saturated heterocycles. The molecule has 6 heteroatoms. The number of imidazole rings is 1. The summed E-state index contributed by atoms with van der Waals surface area (Å²) in [6.45, 7) is 4.43. The molecule has 0 bridgehead atoms. The Labute approximate surface area is 186 Å². The van der Waals surface area contributed by atoms with Crippen molar-refractivity contribution >= 4 is 28.8 Å². The Kier molecular flexibility index (Phi) is 4.98. The summed E-state index contributed by atoms with van der Waals surface area (Å²) in [7, 11) is 0. The monoisotopic (exact) mass is 424 g/mol. The summed E-state index contributed by atoms with van der Waals surface area (Å²) in [5, 5.41) is 2.99. The van der Waals surface area contributed by atoms with Crippen molar-refractivity contribution in [1.82, 2.24) is 9.38 Å². The van der Waals surface area contributed by atoms with Gasteiger partial charge in [0, 0.05) is 42.3 Å². The quantitative estimate of drug-likeness (QED) is 0.520. The molecule has 3 heterocycles. The number of nitrogens with zero attached hydrogens (tertiary/aromatic N) is 3. The first-order chi connectivity index (χ1) is 15.5. The van der Waals surface area contributed by atoms with Crippen LogP contribution in [-0.2, 0) is 9.59 Å². The summed E-state index contributed by atoms with van der Waals surface area (Å²) in [5.74, 6) is -0.552. The summed E-state index contributed by atoms with van der Waals surface area (Å²) in [4.78, 5) is 31.9. The van der Waals surface area contributed by atoms with Crippen LogP contribution in [0.2, 0.25) is 0 Å². The highest BCUT2D eigenvalue weighted by molar-refractivity contribution is 6.03. The number of hydrogen-bond donors (Lipinski definition) is 1. The van der Waals surface area contributed by atoms with Crippen molar-refractivity contribution in [2.24, 2.45) is 5.92 Å². The fraction of sp³-hybridized carbons (Fsp3) is 0.192. The normalized spacial score (nSPS) is 16.0. The van der Waals surface area contributed by atoms with Crippen LogP contribution in [0.25, 0.3) is 16.9 Å². The van der Waals surface area contributed by atoms with Crippen molar-refractivity contribution in [1.29, 1.82) is 0 Å². The number of aromatic nitrogens is 2. The number of rotatable bonds is 4. The number of benzene rings is 2. The third-order valence-electron chi connectivity index (χ3n) is 5.95. The summed E-state index contributed by atoms with van der Waals surface area (Å²) < 4.78 is 2.00. The van der Waals surface area contributed by atoms with Gasteiger partial charge in [-0.1, -0.05) is 35.9 Å². The minimum absolute atomic E-state index is 0.0252. The van der Waals surface area contributed by atoms with E-state index < -0.39 is 0 Å². The molecule has 2 aromatic heterocycles. The number of amides is 2. The van der Waals surface area contributed by atoms with Gasteiger partial charge in [-0.05, 0) is 49.7 Å². The van der Waals surface area contributed by atoms with E-state index in [0.717, 1.165) is 33.7 Å². The molecule has 4 aromatic rings. The summed E-state index contributed by atoms with van der Waals surface area (Å²) in [6.07, 6.45) is 4.17. The molecule has 0 unspecified atom stereocenters. The number of pyridine rings is 1. The molecule has 1 N–H and O–H groups in total. The van der Waals surface area contributed by atoms with Gasteiger partial charge in [0.05, 0.1) is 11.6 Å². The average Bonchev–Trinajstić information content (AvgIpc) is 3.39. The summed E-state index contributed by atoms with van der Waals surface area (Å²) in [6, 6.07) is 19.5. The Morgan fingerprint density at radius 2 is 1.88 bits per heavy atom. The molecule has 0 radical (unpaired) electrons. The molecule has 6 nitrogen and oxygen atoms in total. The second kappa shape index (κ2) is 7.96. The van der Waals surface area contributed by atoms with Crippen LogP contribution in [-0.4, -0.2) is 27.7 Å². The van der Waals surface area contributed by atoms with E-state index in [9.17, 15) is 9.59 Å². The average molecular weight is 425 g/mol. The van der Waals surface area contributed by atoms with E-state index in [4.69, 9.17) is 4.98 Å². The zero-order valence-corrected chi connectivity index (χ0v) is 18.1. The Morgan fingerprint density at radius 1 is 1.06 bits per heavy atom. The van der Waals surface area contributed by atoms with E-state index in [0.29, 0.717) is 12.2 Å². The van der Waals surface area contributed by atoms with E-state index in [2.05, 4.69) is 5.32 Å². The van der Waals surface area contributed by atoms with Gasteiger partial charge in [0.1, 0.15) is 5.65 Å². The first kappa shape index (κ1) is 20.0. The molecule has 2 aromatic carbocycles. The van der Waals surface area contributed by atoms with Gasteiger partial charge in [-0.2, -0.15) is 0 Å². The first-order valence-corrected chi connectivity index (χ1v) is 10.7. The lowest BCUT2D eigenvalue weighted by atomic mass is 10.1. The largest absolute Gasteiger partial charge is 0.326 e. The van der Waals surface area contributed by atoms with Crippen LogP contribution in [0.15, 0.2) is 73.1 Å². The highest BCUT2D eigenvalue weighted by Gasteiger charge is 2.35. The molecule has 1 aliphatic heterocycles. The first-order valence-electron chi connectivity index (χ1n) is 10.7. The number of hydrogen-bond acceptors (Lipinski definition) is 3. The molecule has 0 saturated carbocycles. The number of fused-ring (bicyclic) bond motifs is 1. The molecule has 32 heavy (non-hydrogen) atoms. The van der Waals surface area contributed by atoms with Gasteiger partial charge in [0.15, 0.2) is 0 Å². The third kappa shape index (κ3) is 3.75. The van der Waals surface area contributed by atoms with Gasteiger partial charge >= 0.3 is 0 Å². The fourth-order valence-electron chi connectivity index (χ4n) is 4.15. The summed E-state index contributed by atoms with van der Waals surface area (Å²) in [5.41, 5.74) is 6.45. The van der Waals surface area contributed by atoms with Gasteiger partial charge in [-0.25, -0.2) is 4.98 Å². The second-order valence-corrected chi connectivity index (χ2v) is 8.36. The number of anilines is 2. The fourth-order valence-corrected chi connectivity index (χ4v) is 4.15. The van der Waals surface area contributed by atoms with E-state index in [1.54, 1.807) is 4.90 Å². The Balaban J connectivity index is 1.32. The zero-order valence-electron chi connectivity index (χ0n) is 18.1. The Hall–Kier alpha value is -3.93. The van der Waals surface area contributed by atoms with Crippen LogP contribution < -0.4 is 10.2 Å². The maximum Gasteiger partial charge on any atom is 0.229 e. The van der Waals surface area contributed by atoms with E-state index >= 15 is 0 Å². The molecular formula is C26H24N4O2. The van der Waals surface area contributed by atoms with Gasteiger partial charge < -0.3 is 14.6 Å². The van der Waals surface area contributed by atoms with Gasteiger partial charge in [-0.15, -0.1) is 0 Å². The molecule has 0 aliphatic carbocycles. The molecule has 1 aliphatic rings. The van der Waals surface area contributed by atoms with Gasteiger partial charge in [0.2, 0.25) is 11.8 Å². The number of nitrogens with one attached hydrogen (secondary N) is 1. The smallest absolute Gasteiger partial charge is 0.229 e. The summed E-state index contributed by atoms with van der Waals surface area (Å²) >= 11 is 0. The predicted molar refractivity (Wildman–Crippen MR) is 126 cm³/mol. The molecule has 160 valence electrons. The van der Waals surface area contributed by atoms with E-state index in [1.807, 2.05) is 91.3 Å². The second-order valence-electron chi connectivity index (χ2n) is 8.36. The number of carbonyl (C=O) groups is 2. The molecule has 2 amide bonds. The van der Waals surface area contributed by atoms with E-state index in [-0.39, 0.29) is 24.2 Å². The van der Waals surface area contributed by atoms with Gasteiger partial charge in [0.25, 0.3) is 0 Å². The standard InChI is InChI=1S/C26H24N4O2/c1-17-8-10-22(11-9-17)30-15-20(14-24(30)31)26(32)27-21-7-3-6-19(13-21)23-16-29-12-4-5-18(2)25(29)28-23/h3-13,16,20H,14-15H2,1-2H3,(H,27,32)/t20-/m0/s1. The molecule has 0 spiro atoms. The van der Waals surface area contributed by atoms with Crippen molar-refractivity contribution in [2.45, 2.75) is 20.3 Å². The van der Waals surface area contributed by atoms with E-state index in [1.165, 1.54) is 0 Å². The predicted octanol–water partition coefficient (Wildman–Crippen LogP) is 4.61. The SMILES string of the molecule is Cc1ccc(N2C[C@@H](C(=O)Nc3cccc(-c4cn5cccc(C)c5n4)c3)CC2=O)cc1. The third-order valence-corrected chi connectivity index (χ3v) is 5.95. The lowest BCUT2D eigenvalue weighted by Crippen LogP contribution is -2.28. The zero-order chi connectivity index (χ0) is 22.2. The molecule has 1 fully saturated rings. The van der Waals surface area contributed by atoms with Crippen molar-refractivity contribution in [3.63, 3.8) is 0 Å². The van der Waals surface area contributed by atoms with Crippen LogP contribution in [0.1, 0.15) is 17.5 Å². The highest BCUT2D eigenvalue weighted by Crippen LogP contribution is 2.28. The van der Waals surface area contributed by atoms with Crippen molar-refractivity contribution in [3.05, 3.63) is 84.2 Å². The lowest BCUT2D eigenvalue weighted by molar-refractivity contribution is -0.122. The highest BCUT2D eigenvalue weighted by atomic mass is 16.2. The Bertz CT molecular complexity index is 1320. The minimum Gasteiger partial charge on any atom is -0.326 e. The van der Waals surface area contributed by atoms with Crippen molar-refractivity contribution < 1.29 is 9.59 Å². The van der Waals surface area contributed by atoms with Crippen LogP contribution >= 0.6 is 0 Å². The molecular weight excluding hydrogens is 400 g/mol. The topological polar surface area (TPSA) is 66.7 Å². The molecule has 5 rings (SSSR count). The molecule has 1 atom stereocenters. The Morgan fingerprint density at radius 3 is 2.66 bits per heavy atom. The lowest BCUT2D eigenvalue weighted by Gasteiger charge is -2.17. The number of aryl methyl sites for hydroxylation is 2. The van der Waals surface area contributed by atoms with Crippen LogP contribution in [0.3, 0.4) is 0 Å². The maximum atomic E-state index is 12.9. The van der Waals surface area contributed by atoms with Crippen molar-refractivity contribution in [2.75, 3.05) is 16.8 Å². The van der Waals surface area contributed by atoms with Crippen molar-refractivity contribution in [3.8, 4) is 11.3 Å². The van der Waals surface area contributed by atoms with Crippen LogP contribution in [0.4, 0.5) is 11.4 Å². The van der Waals surface area contributed by atoms with Crippen LogP contribution in [0.5, 0.6) is 0 Å². The van der Waals surface area contributed by atoms with Gasteiger partial charge in [-0.3, -0.25) is 9.59 Å².